The molecule has 1 unspecified atom stereocenters. The van der Waals surface area contributed by atoms with Crippen molar-refractivity contribution in [1.29, 1.82) is 0 Å². The molecule has 1 aliphatic rings. The number of rotatable bonds is 1. The summed E-state index contributed by atoms with van der Waals surface area (Å²) < 4.78 is 0. The predicted molar refractivity (Wildman–Crippen MR) is 35.4 cm³/mol. The average Bonchev–Trinajstić information content (AvgIpc) is 2.14. The molecule has 0 aromatic carbocycles. The summed E-state index contributed by atoms with van der Waals surface area (Å²) in [6.07, 6.45) is 8.74. The molecule has 1 atom stereocenters. The van der Waals surface area contributed by atoms with E-state index in [9.17, 15) is 0 Å². The van der Waals surface area contributed by atoms with Crippen LogP contribution in [0.15, 0.2) is 17.7 Å². The van der Waals surface area contributed by atoms with Crippen LogP contribution in [-0.4, -0.2) is 0 Å². The molecule has 61 valence electrons. The van der Waals surface area contributed by atoms with Gasteiger partial charge in [0.25, 0.3) is 0 Å². The number of hydrogen-bond acceptors (Lipinski definition) is 0. The topological polar surface area (TPSA) is 0 Å². The summed E-state index contributed by atoms with van der Waals surface area (Å²) >= 11 is 0. The molecule has 0 fully saturated rings. The first kappa shape index (κ1) is 17.9. The first-order chi connectivity index (χ1) is 3.83. The van der Waals surface area contributed by atoms with Gasteiger partial charge in [-0.1, -0.05) is 19.3 Å². The van der Waals surface area contributed by atoms with Crippen LogP contribution in [0, 0.1) is 12.0 Å². The number of hydrogen-bond donors (Lipinski definition) is 0. The van der Waals surface area contributed by atoms with Crippen molar-refractivity contribution < 1.29 is 51.0 Å². The van der Waals surface area contributed by atoms with Gasteiger partial charge in [0.15, 0.2) is 0 Å². The van der Waals surface area contributed by atoms with Crippen LogP contribution in [0.1, 0.15) is 20.3 Å². The molecule has 0 aliphatic heterocycles. The molecule has 0 nitrogen and oxygen atoms in total. The Morgan fingerprint density at radius 2 is 2.00 bits per heavy atom. The average molecular weight is 269 g/mol. The van der Waals surface area contributed by atoms with Crippen LogP contribution in [0.5, 0.6) is 0 Å². The Balaban J connectivity index is -0.000000213. The van der Waals surface area contributed by atoms with Crippen LogP contribution in [0.2, 0.25) is 0 Å². The molecule has 0 aromatic rings. The van der Waals surface area contributed by atoms with E-state index in [0.29, 0.717) is 5.92 Å². The van der Waals surface area contributed by atoms with Gasteiger partial charge in [-0.05, 0) is 0 Å². The Kier molecular flexibility index (Phi) is 14.7. The van der Waals surface area contributed by atoms with E-state index in [1.807, 2.05) is 0 Å². The molecule has 0 amide bonds. The van der Waals surface area contributed by atoms with Crippen LogP contribution in [0.4, 0.5) is 0 Å². The summed E-state index contributed by atoms with van der Waals surface area (Å²) in [4.78, 5) is 0. The summed E-state index contributed by atoms with van der Waals surface area (Å²) in [5, 5.41) is 0. The maximum atomic E-state index is 3.24. The summed E-state index contributed by atoms with van der Waals surface area (Å²) in [6.45, 7) is 4.29. The van der Waals surface area contributed by atoms with Gasteiger partial charge in [-0.15, -0.1) is 6.92 Å². The minimum Gasteiger partial charge on any atom is -1.00 e. The zero-order valence-corrected chi connectivity index (χ0v) is 10.7. The van der Waals surface area contributed by atoms with Gasteiger partial charge in [-0.2, -0.15) is 6.08 Å². The molecular weight excluding hydrogens is 258 g/mol. The third-order valence-electron chi connectivity index (χ3n) is 1.43. The van der Waals surface area contributed by atoms with Crippen molar-refractivity contribution in [3.8, 4) is 0 Å². The first-order valence-corrected chi connectivity index (χ1v) is 3.10. The van der Waals surface area contributed by atoms with Crippen LogP contribution in [0.3, 0.4) is 0 Å². The van der Waals surface area contributed by atoms with Gasteiger partial charge >= 0.3 is 26.2 Å². The molecule has 0 aromatic heterocycles. The van der Waals surface area contributed by atoms with Gasteiger partial charge in [0.1, 0.15) is 0 Å². The Morgan fingerprint density at radius 3 is 2.18 bits per heavy atom. The molecule has 0 N–H and O–H groups in total. The molecule has 3 heteroatoms. The number of halogens is 2. The normalized spacial score (nSPS) is 19.1. The fraction of sp³-hybridized carbons (Fsp3) is 0.500. The van der Waals surface area contributed by atoms with E-state index in [1.54, 1.807) is 0 Å². The minimum atomic E-state index is 0. The molecule has 1 aliphatic carbocycles. The van der Waals surface area contributed by atoms with Crippen molar-refractivity contribution >= 4 is 0 Å². The zero-order chi connectivity index (χ0) is 5.98. The van der Waals surface area contributed by atoms with Crippen LogP contribution in [0.25, 0.3) is 0 Å². The summed E-state index contributed by atoms with van der Waals surface area (Å²) in [6, 6.07) is 0. The summed E-state index contributed by atoms with van der Waals surface area (Å²) in [5.41, 5.74) is 1.36. The largest absolute Gasteiger partial charge is 3.00 e. The Hall–Kier alpha value is 0.943. The molecule has 0 saturated carbocycles. The van der Waals surface area contributed by atoms with E-state index >= 15 is 0 Å². The molecule has 11 heavy (non-hydrogen) atoms. The van der Waals surface area contributed by atoms with Crippen LogP contribution < -0.4 is 24.8 Å². The predicted octanol–water partition coefficient (Wildman–Crippen LogP) is -3.66. The molecule has 1 rings (SSSR count). The van der Waals surface area contributed by atoms with E-state index in [2.05, 4.69) is 32.1 Å². The van der Waals surface area contributed by atoms with Crippen molar-refractivity contribution in [1.82, 2.24) is 0 Å². The summed E-state index contributed by atoms with van der Waals surface area (Å²) in [5.74, 6) is 0.606. The van der Waals surface area contributed by atoms with Gasteiger partial charge < -0.3 is 24.8 Å². The maximum Gasteiger partial charge on any atom is 3.00 e. The molecule has 0 spiro atoms. The van der Waals surface area contributed by atoms with E-state index in [-0.39, 0.29) is 51.0 Å². The summed E-state index contributed by atoms with van der Waals surface area (Å²) in [7, 11) is 0. The van der Waals surface area contributed by atoms with Crippen molar-refractivity contribution in [2.45, 2.75) is 20.3 Å². The quantitative estimate of drug-likeness (QED) is 0.431. The van der Waals surface area contributed by atoms with Gasteiger partial charge in [0, 0.05) is 0 Å². The zero-order valence-electron chi connectivity index (χ0n) is 6.70. The minimum absolute atomic E-state index is 0. The first-order valence-electron chi connectivity index (χ1n) is 3.10. The Bertz CT molecular complexity index is 141. The van der Waals surface area contributed by atoms with E-state index < -0.39 is 0 Å². The van der Waals surface area contributed by atoms with Crippen molar-refractivity contribution in [2.75, 3.05) is 0 Å². The van der Waals surface area contributed by atoms with Gasteiger partial charge in [-0.25, -0.2) is 11.6 Å². The molecule has 1 radical (unpaired) electrons. The second-order valence-electron chi connectivity index (χ2n) is 2.24. The fourth-order valence-electron chi connectivity index (χ4n) is 0.888. The van der Waals surface area contributed by atoms with Gasteiger partial charge in [-0.3, -0.25) is 6.08 Å². The fourth-order valence-corrected chi connectivity index (χ4v) is 0.888. The van der Waals surface area contributed by atoms with E-state index in [0.717, 1.165) is 0 Å². The second-order valence-corrected chi connectivity index (χ2v) is 2.24. The van der Waals surface area contributed by atoms with E-state index in [4.69, 9.17) is 0 Å². The monoisotopic (exact) mass is 267 g/mol. The maximum absolute atomic E-state index is 3.24. The molecule has 0 bridgehead atoms. The molecule has 0 saturated heterocycles. The molecule has 0 heterocycles. The van der Waals surface area contributed by atoms with Gasteiger partial charge in [0.2, 0.25) is 0 Å². The smallest absolute Gasteiger partial charge is 1.00 e. The second kappa shape index (κ2) is 9.03. The third kappa shape index (κ3) is 6.14. The van der Waals surface area contributed by atoms with Crippen molar-refractivity contribution in [2.24, 2.45) is 5.92 Å². The van der Waals surface area contributed by atoms with E-state index in [1.165, 1.54) is 12.0 Å². The third-order valence-corrected chi connectivity index (χ3v) is 1.43. The standard InChI is InChI=1S/C8H11.2ClH.Zr/c1-3-8-5-4-7(2)6-8;;;/h4,6,8H,3H2,1-2H3;2*1H;/q-1;;;+3/p-2. The van der Waals surface area contributed by atoms with Crippen molar-refractivity contribution in [3.63, 3.8) is 0 Å². The van der Waals surface area contributed by atoms with Crippen molar-refractivity contribution in [3.05, 3.63) is 23.8 Å². The van der Waals surface area contributed by atoms with Crippen LogP contribution in [-0.2, 0) is 26.2 Å². The SMILES string of the molecule is CCC1[C-]=CC(C)=C1.[Cl-].[Cl-].[Zr+3]. The Labute approximate surface area is 100 Å². The Morgan fingerprint density at radius 1 is 1.45 bits per heavy atom. The number of allylic oxidation sites excluding steroid dienone is 4. The molecular formula is C8H11Cl2Zr. The van der Waals surface area contributed by atoms with Crippen LogP contribution >= 0.6 is 0 Å². The van der Waals surface area contributed by atoms with Gasteiger partial charge in [0.05, 0.1) is 0 Å².